The SMILES string of the molecule is CCOC(=O)N1CCC(NC(=O)/C=C/c2c(C)nn(CC(C)C)c2Cl)CC1. The molecule has 2 heterocycles. The Bertz CT molecular complexity index is 691. The highest BCUT2D eigenvalue weighted by Crippen LogP contribution is 2.22. The minimum atomic E-state index is -0.286. The van der Waals surface area contributed by atoms with E-state index in [1.807, 2.05) is 6.92 Å². The van der Waals surface area contributed by atoms with E-state index in [1.165, 1.54) is 6.08 Å². The molecular weight excluding hydrogens is 368 g/mol. The number of likely N-dealkylation sites (tertiary alicyclic amines) is 1. The first kappa shape index (κ1) is 21.3. The van der Waals surface area contributed by atoms with Crippen molar-refractivity contribution in [3.8, 4) is 0 Å². The fraction of sp³-hybridized carbons (Fsp3) is 0.632. The molecule has 0 saturated carbocycles. The maximum atomic E-state index is 12.2. The van der Waals surface area contributed by atoms with Gasteiger partial charge >= 0.3 is 6.09 Å². The Kier molecular flexibility index (Phi) is 7.71. The van der Waals surface area contributed by atoms with Gasteiger partial charge in [0, 0.05) is 37.3 Å². The Balaban J connectivity index is 1.88. The van der Waals surface area contributed by atoms with Crippen molar-refractivity contribution in [3.63, 3.8) is 0 Å². The normalized spacial score (nSPS) is 15.6. The molecule has 27 heavy (non-hydrogen) atoms. The number of amides is 2. The number of nitrogens with one attached hydrogen (secondary N) is 1. The molecule has 0 atom stereocenters. The minimum absolute atomic E-state index is 0.0491. The van der Waals surface area contributed by atoms with Gasteiger partial charge in [0.15, 0.2) is 0 Å². The molecule has 1 saturated heterocycles. The van der Waals surface area contributed by atoms with E-state index in [-0.39, 0.29) is 18.0 Å². The number of nitrogens with zero attached hydrogens (tertiary/aromatic N) is 3. The highest BCUT2D eigenvalue weighted by molar-refractivity contribution is 6.31. The van der Waals surface area contributed by atoms with E-state index in [1.54, 1.807) is 22.6 Å². The number of piperidine rings is 1. The predicted molar refractivity (Wildman–Crippen MR) is 106 cm³/mol. The van der Waals surface area contributed by atoms with E-state index in [9.17, 15) is 9.59 Å². The molecule has 2 rings (SSSR count). The third kappa shape index (κ3) is 5.99. The van der Waals surface area contributed by atoms with Crippen LogP contribution in [0.1, 0.15) is 44.9 Å². The van der Waals surface area contributed by atoms with Crippen LogP contribution in [0.2, 0.25) is 5.15 Å². The predicted octanol–water partition coefficient (Wildman–Crippen LogP) is 3.25. The van der Waals surface area contributed by atoms with Crippen LogP contribution < -0.4 is 5.32 Å². The number of carbonyl (C=O) groups excluding carboxylic acids is 2. The summed E-state index contributed by atoms with van der Waals surface area (Å²) in [4.78, 5) is 25.6. The molecule has 1 aliphatic heterocycles. The molecule has 0 aromatic carbocycles. The van der Waals surface area contributed by atoms with Gasteiger partial charge in [-0.25, -0.2) is 4.79 Å². The second-order valence-electron chi connectivity index (χ2n) is 7.17. The molecule has 1 aromatic rings. The van der Waals surface area contributed by atoms with Gasteiger partial charge in [-0.3, -0.25) is 9.48 Å². The molecule has 1 N–H and O–H groups in total. The Morgan fingerprint density at radius 3 is 2.63 bits per heavy atom. The molecular formula is C19H29ClN4O3. The number of carbonyl (C=O) groups is 2. The summed E-state index contributed by atoms with van der Waals surface area (Å²) in [7, 11) is 0. The summed E-state index contributed by atoms with van der Waals surface area (Å²) in [6.45, 7) is 10.1. The molecule has 150 valence electrons. The molecule has 0 spiro atoms. The summed E-state index contributed by atoms with van der Waals surface area (Å²) in [5.41, 5.74) is 1.57. The van der Waals surface area contributed by atoms with Gasteiger partial charge in [-0.05, 0) is 38.7 Å². The van der Waals surface area contributed by atoms with Gasteiger partial charge in [-0.2, -0.15) is 5.10 Å². The smallest absolute Gasteiger partial charge is 0.409 e. The zero-order chi connectivity index (χ0) is 20.0. The quantitative estimate of drug-likeness (QED) is 0.749. The summed E-state index contributed by atoms with van der Waals surface area (Å²) >= 11 is 6.39. The largest absolute Gasteiger partial charge is 0.450 e. The van der Waals surface area contributed by atoms with E-state index >= 15 is 0 Å². The number of rotatable bonds is 6. The molecule has 1 fully saturated rings. The number of ether oxygens (including phenoxy) is 1. The second kappa shape index (κ2) is 9.78. The Morgan fingerprint density at radius 2 is 2.04 bits per heavy atom. The van der Waals surface area contributed by atoms with Crippen molar-refractivity contribution in [2.24, 2.45) is 5.92 Å². The van der Waals surface area contributed by atoms with Gasteiger partial charge in [0.2, 0.25) is 5.91 Å². The summed E-state index contributed by atoms with van der Waals surface area (Å²) < 4.78 is 6.77. The van der Waals surface area contributed by atoms with Gasteiger partial charge in [0.05, 0.1) is 12.3 Å². The second-order valence-corrected chi connectivity index (χ2v) is 7.53. The molecule has 2 amide bonds. The number of aromatic nitrogens is 2. The lowest BCUT2D eigenvalue weighted by atomic mass is 10.1. The Hall–Kier alpha value is -2.02. The van der Waals surface area contributed by atoms with Gasteiger partial charge < -0.3 is 15.0 Å². The molecule has 8 heteroatoms. The summed E-state index contributed by atoms with van der Waals surface area (Å²) in [5, 5.41) is 7.97. The molecule has 0 unspecified atom stereocenters. The average Bonchev–Trinajstić information content (AvgIpc) is 2.86. The lowest BCUT2D eigenvalue weighted by Crippen LogP contribution is -2.46. The van der Waals surface area contributed by atoms with Crippen LogP contribution in [0.3, 0.4) is 0 Å². The van der Waals surface area contributed by atoms with E-state index in [4.69, 9.17) is 16.3 Å². The highest BCUT2D eigenvalue weighted by Gasteiger charge is 2.24. The average molecular weight is 397 g/mol. The third-order valence-electron chi connectivity index (χ3n) is 4.42. The molecule has 0 radical (unpaired) electrons. The van der Waals surface area contributed by atoms with Gasteiger partial charge in [0.25, 0.3) is 0 Å². The van der Waals surface area contributed by atoms with Crippen molar-refractivity contribution in [2.75, 3.05) is 19.7 Å². The summed E-state index contributed by atoms with van der Waals surface area (Å²) in [6, 6.07) is 0.0491. The standard InChI is InChI=1S/C19H29ClN4O3/c1-5-27-19(26)23-10-8-15(9-11-23)21-17(25)7-6-16-14(4)22-24(18(16)20)12-13(2)3/h6-7,13,15H,5,8-12H2,1-4H3,(H,21,25)/b7-6+. The van der Waals surface area contributed by atoms with Crippen molar-refractivity contribution < 1.29 is 14.3 Å². The van der Waals surface area contributed by atoms with Crippen molar-refractivity contribution in [1.82, 2.24) is 20.0 Å². The number of halogens is 1. The lowest BCUT2D eigenvalue weighted by molar-refractivity contribution is -0.117. The Labute approximate surface area is 165 Å². The van der Waals surface area contributed by atoms with Crippen LogP contribution in [0.15, 0.2) is 6.08 Å². The van der Waals surface area contributed by atoms with Crippen LogP contribution >= 0.6 is 11.6 Å². The van der Waals surface area contributed by atoms with Crippen LogP contribution in [-0.2, 0) is 16.1 Å². The molecule has 0 bridgehead atoms. The zero-order valence-corrected chi connectivity index (χ0v) is 17.3. The van der Waals surface area contributed by atoms with E-state index in [0.29, 0.717) is 43.6 Å². The molecule has 1 aromatic heterocycles. The monoisotopic (exact) mass is 396 g/mol. The van der Waals surface area contributed by atoms with Crippen LogP contribution in [0, 0.1) is 12.8 Å². The van der Waals surface area contributed by atoms with Crippen LogP contribution in [0.25, 0.3) is 6.08 Å². The van der Waals surface area contributed by atoms with Gasteiger partial charge in [0.1, 0.15) is 5.15 Å². The van der Waals surface area contributed by atoms with Crippen LogP contribution in [0.5, 0.6) is 0 Å². The first-order valence-corrected chi connectivity index (χ1v) is 9.82. The minimum Gasteiger partial charge on any atom is -0.450 e. The van der Waals surface area contributed by atoms with Gasteiger partial charge in [-0.15, -0.1) is 0 Å². The first-order valence-electron chi connectivity index (χ1n) is 9.45. The van der Waals surface area contributed by atoms with Crippen molar-refractivity contribution in [3.05, 3.63) is 22.5 Å². The summed E-state index contributed by atoms with van der Waals surface area (Å²) in [6.07, 6.45) is 4.35. The van der Waals surface area contributed by atoms with E-state index < -0.39 is 0 Å². The molecule has 7 nitrogen and oxygen atoms in total. The Morgan fingerprint density at radius 1 is 1.37 bits per heavy atom. The van der Waals surface area contributed by atoms with Crippen LogP contribution in [0.4, 0.5) is 4.79 Å². The maximum Gasteiger partial charge on any atom is 0.409 e. The topological polar surface area (TPSA) is 76.5 Å². The number of hydrogen-bond donors (Lipinski definition) is 1. The first-order chi connectivity index (χ1) is 12.8. The molecule has 1 aliphatic rings. The van der Waals surface area contributed by atoms with Crippen LogP contribution in [-0.4, -0.2) is 52.4 Å². The molecule has 0 aliphatic carbocycles. The zero-order valence-electron chi connectivity index (χ0n) is 16.5. The number of hydrogen-bond acceptors (Lipinski definition) is 4. The van der Waals surface area contributed by atoms with E-state index in [0.717, 1.165) is 17.8 Å². The lowest BCUT2D eigenvalue weighted by Gasteiger charge is -2.31. The number of aryl methyl sites for hydroxylation is 1. The highest BCUT2D eigenvalue weighted by atomic mass is 35.5. The third-order valence-corrected chi connectivity index (χ3v) is 4.81. The van der Waals surface area contributed by atoms with Crippen molar-refractivity contribution in [2.45, 2.75) is 53.1 Å². The summed E-state index contributed by atoms with van der Waals surface area (Å²) in [5.74, 6) is 0.263. The van der Waals surface area contributed by atoms with Gasteiger partial charge in [-0.1, -0.05) is 25.4 Å². The van der Waals surface area contributed by atoms with Crippen molar-refractivity contribution in [1.29, 1.82) is 0 Å². The van der Waals surface area contributed by atoms with Crippen molar-refractivity contribution >= 4 is 29.7 Å². The fourth-order valence-corrected chi connectivity index (χ4v) is 3.36. The fourth-order valence-electron chi connectivity index (χ4n) is 3.05. The van der Waals surface area contributed by atoms with E-state index in [2.05, 4.69) is 24.3 Å². The maximum absolute atomic E-state index is 12.2.